The lowest BCUT2D eigenvalue weighted by Crippen LogP contribution is -2.33. The molecule has 0 aliphatic carbocycles. The molecule has 1 aromatic carbocycles. The second-order valence-corrected chi connectivity index (χ2v) is 7.75. The molecule has 1 aliphatic rings. The van der Waals surface area contributed by atoms with Crippen LogP contribution in [0.4, 0.5) is 0 Å². The fraction of sp³-hybridized carbons (Fsp3) is 0.474. The second-order valence-electron chi connectivity index (χ2n) is 6.81. The zero-order chi connectivity index (χ0) is 18.6. The summed E-state index contributed by atoms with van der Waals surface area (Å²) in [7, 11) is 0. The van der Waals surface area contributed by atoms with Gasteiger partial charge in [-0.2, -0.15) is 4.98 Å². The van der Waals surface area contributed by atoms with E-state index in [2.05, 4.69) is 48.9 Å². The Morgan fingerprint density at radius 2 is 1.89 bits per heavy atom. The quantitative estimate of drug-likeness (QED) is 0.599. The molecular formula is C19H24N6OS. The summed E-state index contributed by atoms with van der Waals surface area (Å²) in [4.78, 5) is 6.78. The van der Waals surface area contributed by atoms with Crippen LogP contribution in [0.3, 0.4) is 0 Å². The van der Waals surface area contributed by atoms with Crippen molar-refractivity contribution in [3.05, 3.63) is 47.9 Å². The number of aromatic nitrogens is 5. The maximum Gasteiger partial charge on any atom is 0.237 e. The number of para-hydroxylation sites is 1. The highest BCUT2D eigenvalue weighted by Crippen LogP contribution is 2.30. The molecule has 0 bridgehead atoms. The van der Waals surface area contributed by atoms with Crippen LogP contribution in [0.15, 0.2) is 40.0 Å². The van der Waals surface area contributed by atoms with Gasteiger partial charge in [-0.15, -0.1) is 10.2 Å². The van der Waals surface area contributed by atoms with Gasteiger partial charge >= 0.3 is 0 Å². The van der Waals surface area contributed by atoms with E-state index in [-0.39, 0.29) is 6.04 Å². The van der Waals surface area contributed by atoms with Crippen LogP contribution in [0, 0.1) is 6.92 Å². The van der Waals surface area contributed by atoms with Crippen LogP contribution in [-0.4, -0.2) is 42.9 Å². The Kier molecular flexibility index (Phi) is 5.54. The number of likely N-dealkylation sites (tertiary alicyclic amines) is 1. The number of thioether (sulfide) groups is 1. The van der Waals surface area contributed by atoms with Gasteiger partial charge in [0.15, 0.2) is 16.8 Å². The molecule has 1 saturated heterocycles. The normalized spacial score (nSPS) is 16.5. The topological polar surface area (TPSA) is 72.9 Å². The van der Waals surface area contributed by atoms with E-state index in [4.69, 9.17) is 4.52 Å². The van der Waals surface area contributed by atoms with E-state index in [0.29, 0.717) is 17.5 Å². The van der Waals surface area contributed by atoms with Crippen LogP contribution in [0.5, 0.6) is 0 Å². The summed E-state index contributed by atoms with van der Waals surface area (Å²) in [5, 5.41) is 13.8. The maximum absolute atomic E-state index is 5.23. The Labute approximate surface area is 163 Å². The Hall–Kier alpha value is -2.19. The first-order valence-corrected chi connectivity index (χ1v) is 10.4. The molecule has 3 aromatic rings. The van der Waals surface area contributed by atoms with E-state index < -0.39 is 0 Å². The van der Waals surface area contributed by atoms with Gasteiger partial charge in [0.1, 0.15) is 0 Å². The van der Waals surface area contributed by atoms with Crippen molar-refractivity contribution in [3.63, 3.8) is 0 Å². The van der Waals surface area contributed by atoms with Gasteiger partial charge in [0.25, 0.3) is 0 Å². The van der Waals surface area contributed by atoms with Crippen LogP contribution in [0.1, 0.15) is 49.8 Å². The highest BCUT2D eigenvalue weighted by molar-refractivity contribution is 7.98. The third-order valence-corrected chi connectivity index (χ3v) is 5.79. The Morgan fingerprint density at radius 3 is 2.59 bits per heavy atom. The maximum atomic E-state index is 5.23. The highest BCUT2D eigenvalue weighted by Gasteiger charge is 2.25. The Morgan fingerprint density at radius 1 is 1.11 bits per heavy atom. The van der Waals surface area contributed by atoms with E-state index in [1.165, 1.54) is 19.3 Å². The second kappa shape index (κ2) is 8.22. The van der Waals surface area contributed by atoms with Gasteiger partial charge in [0.05, 0.1) is 11.8 Å². The molecule has 4 rings (SSSR count). The van der Waals surface area contributed by atoms with Crippen LogP contribution in [0.2, 0.25) is 0 Å². The van der Waals surface area contributed by atoms with Crippen LogP contribution < -0.4 is 0 Å². The molecule has 0 amide bonds. The average Bonchev–Trinajstić information content (AvgIpc) is 3.33. The van der Waals surface area contributed by atoms with Crippen molar-refractivity contribution in [2.24, 2.45) is 0 Å². The summed E-state index contributed by atoms with van der Waals surface area (Å²) in [6.07, 6.45) is 3.82. The van der Waals surface area contributed by atoms with Crippen molar-refractivity contribution in [1.29, 1.82) is 0 Å². The number of aryl methyl sites for hydroxylation is 1. The summed E-state index contributed by atoms with van der Waals surface area (Å²) in [5.41, 5.74) is 1.07. The van der Waals surface area contributed by atoms with E-state index in [1.807, 2.05) is 25.1 Å². The molecular weight excluding hydrogens is 360 g/mol. The zero-order valence-electron chi connectivity index (χ0n) is 15.7. The fourth-order valence-corrected chi connectivity index (χ4v) is 4.26. The largest absolute Gasteiger partial charge is 0.338 e. The first-order valence-electron chi connectivity index (χ1n) is 9.39. The van der Waals surface area contributed by atoms with Gasteiger partial charge < -0.3 is 4.52 Å². The number of hydrogen-bond acceptors (Lipinski definition) is 7. The molecule has 8 heteroatoms. The van der Waals surface area contributed by atoms with Gasteiger partial charge in [-0.25, -0.2) is 0 Å². The lowest BCUT2D eigenvalue weighted by Gasteiger charge is -2.31. The summed E-state index contributed by atoms with van der Waals surface area (Å²) in [6.45, 7) is 6.28. The van der Waals surface area contributed by atoms with Gasteiger partial charge in [0, 0.05) is 5.69 Å². The highest BCUT2D eigenvalue weighted by atomic mass is 32.2. The van der Waals surface area contributed by atoms with Crippen molar-refractivity contribution >= 4 is 11.8 Å². The van der Waals surface area contributed by atoms with Gasteiger partial charge in [-0.3, -0.25) is 9.47 Å². The van der Waals surface area contributed by atoms with Gasteiger partial charge in [-0.05, 0) is 51.9 Å². The van der Waals surface area contributed by atoms with E-state index >= 15 is 0 Å². The number of hydrogen-bond donors (Lipinski definition) is 0. The average molecular weight is 385 g/mol. The van der Waals surface area contributed by atoms with Crippen molar-refractivity contribution in [1.82, 2.24) is 29.8 Å². The number of nitrogens with zero attached hydrogens (tertiary/aromatic N) is 6. The third kappa shape index (κ3) is 4.06. The van der Waals surface area contributed by atoms with Crippen LogP contribution >= 0.6 is 11.8 Å². The lowest BCUT2D eigenvalue weighted by atomic mass is 10.1. The molecule has 1 fully saturated rings. The number of benzene rings is 1. The fourth-order valence-electron chi connectivity index (χ4n) is 3.46. The molecule has 0 radical (unpaired) electrons. The van der Waals surface area contributed by atoms with Crippen molar-refractivity contribution < 1.29 is 4.52 Å². The molecule has 7 nitrogen and oxygen atoms in total. The molecule has 3 heterocycles. The van der Waals surface area contributed by atoms with Crippen LogP contribution in [-0.2, 0) is 5.75 Å². The molecule has 0 spiro atoms. The molecule has 1 atom stereocenters. The molecule has 2 aromatic heterocycles. The van der Waals surface area contributed by atoms with Crippen LogP contribution in [0.25, 0.3) is 5.69 Å². The van der Waals surface area contributed by atoms with E-state index in [1.54, 1.807) is 11.8 Å². The Balaban J connectivity index is 1.63. The monoisotopic (exact) mass is 384 g/mol. The Bertz CT molecular complexity index is 871. The summed E-state index contributed by atoms with van der Waals surface area (Å²) in [6, 6.07) is 10.5. The zero-order valence-corrected chi connectivity index (χ0v) is 16.5. The summed E-state index contributed by atoms with van der Waals surface area (Å²) in [5.74, 6) is 2.80. The number of piperidine rings is 1. The minimum absolute atomic E-state index is 0.220. The third-order valence-electron chi connectivity index (χ3n) is 4.88. The molecule has 142 valence electrons. The number of rotatable bonds is 6. The molecule has 0 saturated carbocycles. The van der Waals surface area contributed by atoms with Gasteiger partial charge in [0.2, 0.25) is 5.89 Å². The minimum Gasteiger partial charge on any atom is -0.338 e. The molecule has 0 N–H and O–H groups in total. The lowest BCUT2D eigenvalue weighted by molar-refractivity contribution is 0.167. The predicted octanol–water partition coefficient (Wildman–Crippen LogP) is 3.80. The van der Waals surface area contributed by atoms with E-state index in [0.717, 1.165) is 29.8 Å². The molecule has 1 aliphatic heterocycles. The van der Waals surface area contributed by atoms with Crippen molar-refractivity contribution in [3.8, 4) is 5.69 Å². The van der Waals surface area contributed by atoms with Crippen molar-refractivity contribution in [2.45, 2.75) is 50.1 Å². The summed E-state index contributed by atoms with van der Waals surface area (Å²) < 4.78 is 7.39. The molecule has 27 heavy (non-hydrogen) atoms. The van der Waals surface area contributed by atoms with Crippen molar-refractivity contribution in [2.75, 3.05) is 13.1 Å². The SMILES string of the molecule is Cc1noc(CSc2nnc(C(C)N3CCCCC3)n2-c2ccccc2)n1. The van der Waals surface area contributed by atoms with E-state index in [9.17, 15) is 0 Å². The van der Waals surface area contributed by atoms with Gasteiger partial charge in [-0.1, -0.05) is 41.5 Å². The first-order chi connectivity index (χ1) is 13.2. The smallest absolute Gasteiger partial charge is 0.237 e. The predicted molar refractivity (Wildman–Crippen MR) is 104 cm³/mol. The molecule has 1 unspecified atom stereocenters. The summed E-state index contributed by atoms with van der Waals surface area (Å²) >= 11 is 1.57. The first kappa shape index (κ1) is 18.2. The standard InChI is InChI=1S/C19H24N6OS/c1-14(24-11-7-4-8-12-24)18-21-22-19(25(18)16-9-5-3-6-10-16)27-13-17-20-15(2)23-26-17/h3,5-6,9-10,14H,4,7-8,11-13H2,1-2H3. The minimum atomic E-state index is 0.220.